The number of anilines is 1. The van der Waals surface area contributed by atoms with Crippen molar-refractivity contribution in [2.45, 2.75) is 31.2 Å². The fourth-order valence-electron chi connectivity index (χ4n) is 3.39. The average Bonchev–Trinajstić information content (AvgIpc) is 3.01. The Hall–Kier alpha value is -1.61. The second kappa shape index (κ2) is 6.02. The summed E-state index contributed by atoms with van der Waals surface area (Å²) < 4.78 is 1.03. The first-order valence-corrected chi connectivity index (χ1v) is 8.11. The zero-order valence-electron chi connectivity index (χ0n) is 11.8. The van der Waals surface area contributed by atoms with Gasteiger partial charge in [0.2, 0.25) is 6.41 Å². The van der Waals surface area contributed by atoms with Crippen LogP contribution < -0.4 is 4.90 Å². The van der Waals surface area contributed by atoms with Crippen molar-refractivity contribution in [1.82, 2.24) is 0 Å². The van der Waals surface area contributed by atoms with Crippen LogP contribution in [-0.2, 0) is 10.3 Å². The van der Waals surface area contributed by atoms with Gasteiger partial charge in [0, 0.05) is 10.2 Å². The Morgan fingerprint density at radius 3 is 2.14 bits per heavy atom. The van der Waals surface area contributed by atoms with Gasteiger partial charge in [-0.15, -0.1) is 0 Å². The molecule has 0 heterocycles. The highest BCUT2D eigenvalue weighted by atomic mass is 79.9. The number of rotatable bonds is 4. The molecule has 108 valence electrons. The molecule has 0 N–H and O–H groups in total. The number of hydrogen-bond acceptors (Lipinski definition) is 1. The van der Waals surface area contributed by atoms with Gasteiger partial charge >= 0.3 is 0 Å². The summed E-state index contributed by atoms with van der Waals surface area (Å²) in [5.74, 6) is 0. The van der Waals surface area contributed by atoms with E-state index in [2.05, 4.69) is 40.2 Å². The molecule has 0 unspecified atom stereocenters. The number of halogens is 1. The summed E-state index contributed by atoms with van der Waals surface area (Å²) in [6.45, 7) is 0. The molecule has 1 amide bonds. The zero-order chi connectivity index (χ0) is 14.7. The van der Waals surface area contributed by atoms with E-state index in [0.29, 0.717) is 0 Å². The third-order valence-electron chi connectivity index (χ3n) is 4.41. The molecule has 1 aliphatic rings. The summed E-state index contributed by atoms with van der Waals surface area (Å²) in [7, 11) is 0. The van der Waals surface area contributed by atoms with Crippen molar-refractivity contribution >= 4 is 28.0 Å². The Kier molecular flexibility index (Phi) is 4.11. The van der Waals surface area contributed by atoms with Gasteiger partial charge in [-0.25, -0.2) is 0 Å². The molecule has 1 saturated carbocycles. The Bertz CT molecular complexity index is 603. The highest BCUT2D eigenvalue weighted by Gasteiger charge is 2.41. The van der Waals surface area contributed by atoms with Crippen molar-refractivity contribution < 1.29 is 4.79 Å². The van der Waals surface area contributed by atoms with Crippen LogP contribution in [0.25, 0.3) is 0 Å². The van der Waals surface area contributed by atoms with Crippen molar-refractivity contribution in [2.24, 2.45) is 0 Å². The van der Waals surface area contributed by atoms with E-state index in [1.165, 1.54) is 5.56 Å². The fraction of sp³-hybridized carbons (Fsp3) is 0.278. The van der Waals surface area contributed by atoms with Crippen LogP contribution in [-0.4, -0.2) is 6.41 Å². The molecule has 0 saturated heterocycles. The zero-order valence-corrected chi connectivity index (χ0v) is 13.4. The van der Waals surface area contributed by atoms with Crippen LogP contribution in [0.4, 0.5) is 5.69 Å². The molecule has 1 aliphatic carbocycles. The molecule has 2 nitrogen and oxygen atoms in total. The lowest BCUT2D eigenvalue weighted by Gasteiger charge is -2.39. The molecule has 0 aliphatic heterocycles. The van der Waals surface area contributed by atoms with Gasteiger partial charge in [0.15, 0.2) is 0 Å². The van der Waals surface area contributed by atoms with Crippen LogP contribution in [0.2, 0.25) is 0 Å². The minimum Gasteiger partial charge on any atom is -0.305 e. The standard InChI is InChI=1S/C18H18BrNO/c19-16-8-10-17(11-9-16)20(14-21)18(12-4-5-13-18)15-6-2-1-3-7-15/h1-3,6-11,14H,4-5,12-13H2. The fourth-order valence-corrected chi connectivity index (χ4v) is 3.65. The van der Waals surface area contributed by atoms with Crippen LogP contribution in [0.1, 0.15) is 31.2 Å². The molecule has 0 spiro atoms. The van der Waals surface area contributed by atoms with Gasteiger partial charge in [-0.1, -0.05) is 59.1 Å². The average molecular weight is 344 g/mol. The van der Waals surface area contributed by atoms with E-state index in [4.69, 9.17) is 0 Å². The molecule has 3 heteroatoms. The molecule has 0 atom stereocenters. The summed E-state index contributed by atoms with van der Waals surface area (Å²) in [6.07, 6.45) is 5.35. The Labute approximate surface area is 133 Å². The highest BCUT2D eigenvalue weighted by Crippen LogP contribution is 2.45. The summed E-state index contributed by atoms with van der Waals surface area (Å²) in [5.41, 5.74) is 1.99. The molecular weight excluding hydrogens is 326 g/mol. The van der Waals surface area contributed by atoms with Crippen LogP contribution in [0.15, 0.2) is 59.1 Å². The van der Waals surface area contributed by atoms with Crippen molar-refractivity contribution in [3.05, 3.63) is 64.6 Å². The first kappa shape index (κ1) is 14.3. The minimum absolute atomic E-state index is 0.198. The van der Waals surface area contributed by atoms with Gasteiger partial charge in [0.1, 0.15) is 0 Å². The lowest BCUT2D eigenvalue weighted by Crippen LogP contribution is -2.43. The number of hydrogen-bond donors (Lipinski definition) is 0. The number of carbonyl (C=O) groups excluding carboxylic acids is 1. The predicted molar refractivity (Wildman–Crippen MR) is 89.3 cm³/mol. The topological polar surface area (TPSA) is 20.3 Å². The molecule has 0 radical (unpaired) electrons. The van der Waals surface area contributed by atoms with Crippen molar-refractivity contribution in [2.75, 3.05) is 4.90 Å². The second-order valence-corrected chi connectivity index (χ2v) is 6.47. The van der Waals surface area contributed by atoms with Crippen molar-refractivity contribution in [3.63, 3.8) is 0 Å². The predicted octanol–water partition coefficient (Wildman–Crippen LogP) is 4.88. The van der Waals surface area contributed by atoms with Gasteiger partial charge in [-0.2, -0.15) is 0 Å². The minimum atomic E-state index is -0.198. The normalized spacial score (nSPS) is 16.6. The largest absolute Gasteiger partial charge is 0.305 e. The lowest BCUT2D eigenvalue weighted by atomic mass is 9.86. The van der Waals surface area contributed by atoms with Crippen LogP contribution in [0.3, 0.4) is 0 Å². The van der Waals surface area contributed by atoms with Crippen molar-refractivity contribution in [3.8, 4) is 0 Å². The molecular formula is C18H18BrNO. The van der Waals surface area contributed by atoms with E-state index in [0.717, 1.165) is 42.3 Å². The Morgan fingerprint density at radius 1 is 0.952 bits per heavy atom. The molecule has 1 fully saturated rings. The molecule has 3 rings (SSSR count). The number of amides is 1. The number of carbonyl (C=O) groups is 1. The van der Waals surface area contributed by atoms with Crippen LogP contribution in [0, 0.1) is 0 Å². The number of benzene rings is 2. The van der Waals surface area contributed by atoms with Crippen LogP contribution in [0.5, 0.6) is 0 Å². The maximum atomic E-state index is 11.9. The van der Waals surface area contributed by atoms with Crippen molar-refractivity contribution in [1.29, 1.82) is 0 Å². The van der Waals surface area contributed by atoms with Crippen LogP contribution >= 0.6 is 15.9 Å². The van der Waals surface area contributed by atoms with Gasteiger partial charge in [-0.3, -0.25) is 4.79 Å². The van der Waals surface area contributed by atoms with Gasteiger partial charge in [-0.05, 0) is 42.7 Å². The van der Waals surface area contributed by atoms with E-state index >= 15 is 0 Å². The van der Waals surface area contributed by atoms with Gasteiger partial charge in [0.05, 0.1) is 5.54 Å². The Morgan fingerprint density at radius 2 is 1.57 bits per heavy atom. The van der Waals surface area contributed by atoms with E-state index in [1.807, 2.05) is 35.2 Å². The summed E-state index contributed by atoms with van der Waals surface area (Å²) >= 11 is 3.45. The second-order valence-electron chi connectivity index (χ2n) is 5.56. The van der Waals surface area contributed by atoms with Gasteiger partial charge in [0.25, 0.3) is 0 Å². The summed E-state index contributed by atoms with van der Waals surface area (Å²) in [5, 5.41) is 0. The molecule has 0 bridgehead atoms. The molecule has 2 aromatic carbocycles. The van der Waals surface area contributed by atoms with E-state index in [-0.39, 0.29) is 5.54 Å². The summed E-state index contributed by atoms with van der Waals surface area (Å²) in [6, 6.07) is 18.4. The lowest BCUT2D eigenvalue weighted by molar-refractivity contribution is -0.108. The third kappa shape index (κ3) is 2.62. The smallest absolute Gasteiger partial charge is 0.214 e. The van der Waals surface area contributed by atoms with E-state index < -0.39 is 0 Å². The first-order valence-electron chi connectivity index (χ1n) is 7.32. The van der Waals surface area contributed by atoms with E-state index in [1.54, 1.807) is 0 Å². The first-order chi connectivity index (χ1) is 10.3. The highest BCUT2D eigenvalue weighted by molar-refractivity contribution is 9.10. The van der Waals surface area contributed by atoms with Gasteiger partial charge < -0.3 is 4.90 Å². The summed E-state index contributed by atoms with van der Waals surface area (Å²) in [4.78, 5) is 13.8. The third-order valence-corrected chi connectivity index (χ3v) is 4.94. The maximum absolute atomic E-state index is 11.9. The molecule has 2 aromatic rings. The van der Waals surface area contributed by atoms with E-state index in [9.17, 15) is 4.79 Å². The number of nitrogens with zero attached hydrogens (tertiary/aromatic N) is 1. The Balaban J connectivity index is 2.07. The molecule has 21 heavy (non-hydrogen) atoms. The maximum Gasteiger partial charge on any atom is 0.214 e. The monoisotopic (exact) mass is 343 g/mol. The quantitative estimate of drug-likeness (QED) is 0.724. The SMILES string of the molecule is O=CN(c1ccc(Br)cc1)C1(c2ccccc2)CCCC1. The molecule has 0 aromatic heterocycles.